The average molecular weight is 309 g/mol. The Morgan fingerprint density at radius 3 is 2.76 bits per heavy atom. The predicted octanol–water partition coefficient (Wildman–Crippen LogP) is 2.20. The zero-order valence-electron chi connectivity index (χ0n) is 11.2. The van der Waals surface area contributed by atoms with Gasteiger partial charge in [0, 0.05) is 30.0 Å². The van der Waals surface area contributed by atoms with E-state index in [2.05, 4.69) is 10.4 Å². The number of halogens is 1. The van der Waals surface area contributed by atoms with Gasteiger partial charge in [0.2, 0.25) is 0 Å². The van der Waals surface area contributed by atoms with Crippen LogP contribution in [0.15, 0.2) is 36.5 Å². The van der Waals surface area contributed by atoms with Crippen molar-refractivity contribution in [2.24, 2.45) is 7.05 Å². The quantitative estimate of drug-likeness (QED) is 0.906. The monoisotopic (exact) mass is 308 g/mol. The molecule has 0 aliphatic rings. The number of aliphatic carboxylic acids is 1. The average Bonchev–Trinajstić information content (AvgIpc) is 2.81. The molecular weight excluding hydrogens is 296 g/mol. The van der Waals surface area contributed by atoms with Crippen molar-refractivity contribution in [3.05, 3.63) is 41.6 Å². The number of carbonyl (C=O) groups excluding carboxylic acids is 1. The third-order valence-corrected chi connectivity index (χ3v) is 2.84. The summed E-state index contributed by atoms with van der Waals surface area (Å²) < 4.78 is 1.52. The summed E-state index contributed by atoms with van der Waals surface area (Å²) in [6.45, 7) is -0.487. The maximum Gasteiger partial charge on any atom is 0.328 e. The van der Waals surface area contributed by atoms with Crippen LogP contribution < -0.4 is 10.2 Å². The molecule has 0 fully saturated rings. The van der Waals surface area contributed by atoms with Crippen molar-refractivity contribution in [3.63, 3.8) is 0 Å². The number of aryl methyl sites for hydroxylation is 1. The van der Waals surface area contributed by atoms with Gasteiger partial charge in [-0.15, -0.1) is 0 Å². The molecule has 8 heteroatoms. The van der Waals surface area contributed by atoms with Crippen LogP contribution in [0.4, 0.5) is 16.3 Å². The summed E-state index contributed by atoms with van der Waals surface area (Å²) in [5.41, 5.74) is 0.387. The molecule has 0 spiro atoms. The Bertz CT molecular complexity index is 671. The van der Waals surface area contributed by atoms with Crippen molar-refractivity contribution in [1.82, 2.24) is 9.78 Å². The van der Waals surface area contributed by atoms with Gasteiger partial charge in [-0.05, 0) is 18.2 Å². The lowest BCUT2D eigenvalue weighted by Gasteiger charge is -2.20. The van der Waals surface area contributed by atoms with Crippen LogP contribution in [-0.4, -0.2) is 33.4 Å². The van der Waals surface area contributed by atoms with E-state index in [-0.39, 0.29) is 0 Å². The zero-order valence-corrected chi connectivity index (χ0v) is 11.9. The number of benzene rings is 1. The molecule has 0 atom stereocenters. The highest BCUT2D eigenvalue weighted by atomic mass is 35.5. The fourth-order valence-electron chi connectivity index (χ4n) is 1.72. The van der Waals surface area contributed by atoms with E-state index in [0.29, 0.717) is 16.5 Å². The van der Waals surface area contributed by atoms with Gasteiger partial charge in [0.05, 0.1) is 0 Å². The molecule has 2 aromatic rings. The summed E-state index contributed by atoms with van der Waals surface area (Å²) in [4.78, 5) is 24.3. The first kappa shape index (κ1) is 14.9. The number of aromatic nitrogens is 2. The predicted molar refractivity (Wildman–Crippen MR) is 78.7 cm³/mol. The molecule has 21 heavy (non-hydrogen) atoms. The van der Waals surface area contributed by atoms with E-state index in [9.17, 15) is 9.59 Å². The van der Waals surface area contributed by atoms with Crippen molar-refractivity contribution in [2.45, 2.75) is 0 Å². The lowest BCUT2D eigenvalue weighted by Crippen LogP contribution is -2.39. The Hall–Kier alpha value is -2.54. The summed E-state index contributed by atoms with van der Waals surface area (Å²) in [5, 5.41) is 15.9. The van der Waals surface area contributed by atoms with Crippen LogP contribution in [0.1, 0.15) is 0 Å². The molecule has 1 aromatic heterocycles. The highest BCUT2D eigenvalue weighted by Crippen LogP contribution is 2.20. The van der Waals surface area contributed by atoms with Gasteiger partial charge >= 0.3 is 12.0 Å². The van der Waals surface area contributed by atoms with E-state index in [1.807, 2.05) is 0 Å². The molecule has 0 unspecified atom stereocenters. The van der Waals surface area contributed by atoms with Gasteiger partial charge in [-0.2, -0.15) is 5.10 Å². The number of nitrogens with zero attached hydrogens (tertiary/aromatic N) is 3. The van der Waals surface area contributed by atoms with Gasteiger partial charge in [0.15, 0.2) is 5.82 Å². The molecule has 0 aliphatic carbocycles. The Balaban J connectivity index is 2.23. The molecule has 0 saturated heterocycles. The van der Waals surface area contributed by atoms with Crippen LogP contribution >= 0.6 is 11.6 Å². The number of nitrogens with one attached hydrogen (secondary N) is 1. The maximum atomic E-state index is 12.2. The fraction of sp³-hybridized carbons (Fsp3) is 0.154. The molecule has 2 rings (SSSR count). The highest BCUT2D eigenvalue weighted by Gasteiger charge is 2.19. The summed E-state index contributed by atoms with van der Waals surface area (Å²) in [7, 11) is 1.71. The Labute approximate surface area is 125 Å². The molecule has 1 aromatic carbocycles. The molecule has 0 aliphatic heterocycles. The standard InChI is InChI=1S/C13H13ClN4O3/c1-17-6-5-11(16-17)15-13(21)18(8-12(19)20)10-4-2-3-9(14)7-10/h2-7H,8H2,1H3,(H,19,20)(H,15,16,21). The number of amides is 2. The first-order valence-electron chi connectivity index (χ1n) is 6.01. The number of carboxylic acids is 1. The van der Waals surface area contributed by atoms with Crippen LogP contribution in [0.2, 0.25) is 5.02 Å². The first-order chi connectivity index (χ1) is 9.95. The molecule has 7 nitrogen and oxygen atoms in total. The zero-order chi connectivity index (χ0) is 15.4. The molecule has 0 bridgehead atoms. The van der Waals surface area contributed by atoms with Crippen molar-refractivity contribution in [3.8, 4) is 0 Å². The van der Waals surface area contributed by atoms with E-state index >= 15 is 0 Å². The first-order valence-corrected chi connectivity index (χ1v) is 6.39. The highest BCUT2D eigenvalue weighted by molar-refractivity contribution is 6.31. The number of urea groups is 1. The van der Waals surface area contributed by atoms with E-state index in [1.54, 1.807) is 37.5 Å². The molecule has 0 saturated carbocycles. The third kappa shape index (κ3) is 3.96. The Kier molecular flexibility index (Phi) is 4.44. The van der Waals surface area contributed by atoms with Crippen LogP contribution in [0.25, 0.3) is 0 Å². The van der Waals surface area contributed by atoms with Crippen LogP contribution in [-0.2, 0) is 11.8 Å². The molecular formula is C13H13ClN4O3. The lowest BCUT2D eigenvalue weighted by molar-refractivity contribution is -0.135. The number of carbonyl (C=O) groups is 2. The minimum absolute atomic E-state index is 0.333. The van der Waals surface area contributed by atoms with Crippen LogP contribution in [0.3, 0.4) is 0 Å². The molecule has 0 radical (unpaired) electrons. The van der Waals surface area contributed by atoms with E-state index < -0.39 is 18.5 Å². The van der Waals surface area contributed by atoms with Gasteiger partial charge in [-0.3, -0.25) is 19.7 Å². The fourth-order valence-corrected chi connectivity index (χ4v) is 1.90. The summed E-state index contributed by atoms with van der Waals surface area (Å²) in [6.07, 6.45) is 1.66. The van der Waals surface area contributed by atoms with E-state index in [4.69, 9.17) is 16.7 Å². The molecule has 110 valence electrons. The number of hydrogen-bond acceptors (Lipinski definition) is 3. The van der Waals surface area contributed by atoms with Gasteiger partial charge < -0.3 is 5.11 Å². The van der Waals surface area contributed by atoms with Crippen molar-refractivity contribution < 1.29 is 14.7 Å². The van der Waals surface area contributed by atoms with Gasteiger partial charge in [-0.1, -0.05) is 17.7 Å². The third-order valence-electron chi connectivity index (χ3n) is 2.61. The number of carboxylic acid groups (broad SMARTS) is 1. The van der Waals surface area contributed by atoms with Crippen LogP contribution in [0.5, 0.6) is 0 Å². The maximum absolute atomic E-state index is 12.2. The Morgan fingerprint density at radius 2 is 2.19 bits per heavy atom. The van der Waals surface area contributed by atoms with Crippen molar-refractivity contribution in [1.29, 1.82) is 0 Å². The second kappa shape index (κ2) is 6.27. The summed E-state index contributed by atoms with van der Waals surface area (Å²) in [6, 6.07) is 7.41. The lowest BCUT2D eigenvalue weighted by atomic mass is 10.3. The van der Waals surface area contributed by atoms with Gasteiger partial charge in [0.1, 0.15) is 6.54 Å². The molecule has 2 N–H and O–H groups in total. The number of rotatable bonds is 4. The second-order valence-electron chi connectivity index (χ2n) is 4.26. The van der Waals surface area contributed by atoms with Crippen molar-refractivity contribution >= 4 is 35.1 Å². The topological polar surface area (TPSA) is 87.5 Å². The van der Waals surface area contributed by atoms with Crippen molar-refractivity contribution in [2.75, 3.05) is 16.8 Å². The van der Waals surface area contributed by atoms with Gasteiger partial charge in [0.25, 0.3) is 0 Å². The van der Waals surface area contributed by atoms with E-state index in [1.165, 1.54) is 10.7 Å². The summed E-state index contributed by atoms with van der Waals surface area (Å²) in [5.74, 6) is -0.800. The van der Waals surface area contributed by atoms with Crippen LogP contribution in [0, 0.1) is 0 Å². The Morgan fingerprint density at radius 1 is 1.43 bits per heavy atom. The molecule has 2 amide bonds. The normalized spacial score (nSPS) is 10.2. The van der Waals surface area contributed by atoms with Gasteiger partial charge in [-0.25, -0.2) is 4.79 Å². The summed E-state index contributed by atoms with van der Waals surface area (Å²) >= 11 is 5.87. The molecule has 1 heterocycles. The second-order valence-corrected chi connectivity index (χ2v) is 4.70. The minimum atomic E-state index is -1.13. The largest absolute Gasteiger partial charge is 0.480 e. The SMILES string of the molecule is Cn1ccc(NC(=O)N(CC(=O)O)c2cccc(Cl)c2)n1. The smallest absolute Gasteiger partial charge is 0.328 e. The number of anilines is 2. The minimum Gasteiger partial charge on any atom is -0.480 e. The number of hydrogen-bond donors (Lipinski definition) is 2. The van der Waals surface area contributed by atoms with E-state index in [0.717, 1.165) is 4.90 Å².